The van der Waals surface area contributed by atoms with Gasteiger partial charge in [0.1, 0.15) is 5.82 Å². The first kappa shape index (κ1) is 21.9. The zero-order chi connectivity index (χ0) is 23.1. The molecule has 33 heavy (non-hydrogen) atoms. The molecule has 0 radical (unpaired) electrons. The Hall–Kier alpha value is -2.90. The molecule has 7 nitrogen and oxygen atoms in total. The fourth-order valence-electron chi connectivity index (χ4n) is 4.59. The number of piperidine rings is 1. The van der Waals surface area contributed by atoms with E-state index in [-0.39, 0.29) is 5.91 Å². The highest BCUT2D eigenvalue weighted by Crippen LogP contribution is 2.29. The number of carbonyl (C=O) groups excluding carboxylic acids is 1. The minimum Gasteiger partial charge on any atom is -0.342 e. The van der Waals surface area contributed by atoms with E-state index in [2.05, 4.69) is 15.3 Å². The molecule has 0 spiro atoms. The Morgan fingerprint density at radius 3 is 2.61 bits per heavy atom. The summed E-state index contributed by atoms with van der Waals surface area (Å²) in [5.41, 5.74) is 4.42. The molecule has 1 amide bonds. The first-order valence-electron chi connectivity index (χ1n) is 11.0. The summed E-state index contributed by atoms with van der Waals surface area (Å²) in [4.78, 5) is 15.1. The number of halogens is 2. The average molecular weight is 483 g/mol. The van der Waals surface area contributed by atoms with Crippen molar-refractivity contribution in [2.45, 2.75) is 39.0 Å². The van der Waals surface area contributed by atoms with E-state index in [0.717, 1.165) is 47.0 Å². The maximum absolute atomic E-state index is 13.1. The fraction of sp³-hybridized carbons (Fsp3) is 0.333. The summed E-state index contributed by atoms with van der Waals surface area (Å²) in [6, 6.07) is 11.3. The normalized spacial score (nSPS) is 14.8. The molecule has 0 saturated carbocycles. The SMILES string of the molecule is Cc1nn(-c2ccc(Cl)c(Cl)c2)c(C)c1CC(=O)N1CCC(c2nnc3ccccn23)CC1. The van der Waals surface area contributed by atoms with Gasteiger partial charge in [0.15, 0.2) is 5.65 Å². The number of amides is 1. The molecular weight excluding hydrogens is 459 g/mol. The van der Waals surface area contributed by atoms with E-state index in [9.17, 15) is 4.79 Å². The van der Waals surface area contributed by atoms with Gasteiger partial charge in [0, 0.05) is 36.5 Å². The number of aromatic nitrogens is 5. The Balaban J connectivity index is 1.28. The summed E-state index contributed by atoms with van der Waals surface area (Å²) >= 11 is 12.2. The minimum atomic E-state index is 0.124. The third-order valence-corrected chi connectivity index (χ3v) is 7.21. The first-order chi connectivity index (χ1) is 15.9. The summed E-state index contributed by atoms with van der Waals surface area (Å²) in [5, 5.41) is 14.3. The van der Waals surface area contributed by atoms with E-state index in [1.807, 2.05) is 58.3 Å². The quantitative estimate of drug-likeness (QED) is 0.419. The van der Waals surface area contributed by atoms with Crippen molar-refractivity contribution < 1.29 is 4.79 Å². The summed E-state index contributed by atoms with van der Waals surface area (Å²) in [6.07, 6.45) is 4.08. The van der Waals surface area contributed by atoms with Crippen molar-refractivity contribution in [1.82, 2.24) is 29.3 Å². The number of nitrogens with zero attached hydrogens (tertiary/aromatic N) is 6. The van der Waals surface area contributed by atoms with Gasteiger partial charge in [-0.1, -0.05) is 29.3 Å². The molecule has 1 aromatic carbocycles. The number of hydrogen-bond acceptors (Lipinski definition) is 4. The Morgan fingerprint density at radius 2 is 1.85 bits per heavy atom. The molecule has 5 rings (SSSR count). The lowest BCUT2D eigenvalue weighted by molar-refractivity contribution is -0.131. The van der Waals surface area contributed by atoms with Gasteiger partial charge in [-0.3, -0.25) is 9.20 Å². The van der Waals surface area contributed by atoms with Gasteiger partial charge >= 0.3 is 0 Å². The van der Waals surface area contributed by atoms with Crippen LogP contribution in [0.3, 0.4) is 0 Å². The summed E-state index contributed by atoms with van der Waals surface area (Å²) < 4.78 is 3.87. The van der Waals surface area contributed by atoms with Crippen LogP contribution in [0.15, 0.2) is 42.6 Å². The third-order valence-electron chi connectivity index (χ3n) is 6.47. The molecule has 3 aromatic heterocycles. The van der Waals surface area contributed by atoms with E-state index >= 15 is 0 Å². The zero-order valence-corrected chi connectivity index (χ0v) is 20.0. The fourth-order valence-corrected chi connectivity index (χ4v) is 4.88. The summed E-state index contributed by atoms with van der Waals surface area (Å²) in [7, 11) is 0. The second kappa shape index (κ2) is 8.80. The maximum atomic E-state index is 13.1. The van der Waals surface area contributed by atoms with E-state index in [1.165, 1.54) is 0 Å². The average Bonchev–Trinajstić information content (AvgIpc) is 3.37. The first-order valence-corrected chi connectivity index (χ1v) is 11.8. The lowest BCUT2D eigenvalue weighted by Crippen LogP contribution is -2.39. The van der Waals surface area contributed by atoms with E-state index in [4.69, 9.17) is 23.2 Å². The van der Waals surface area contributed by atoms with Gasteiger partial charge in [0.25, 0.3) is 0 Å². The molecule has 0 bridgehead atoms. The highest BCUT2D eigenvalue weighted by Gasteiger charge is 2.28. The molecule has 0 unspecified atom stereocenters. The van der Waals surface area contributed by atoms with Gasteiger partial charge in [0.05, 0.1) is 27.8 Å². The predicted octanol–water partition coefficient (Wildman–Crippen LogP) is 4.79. The van der Waals surface area contributed by atoms with Crippen molar-refractivity contribution in [2.75, 3.05) is 13.1 Å². The molecule has 0 atom stereocenters. The molecule has 1 fully saturated rings. The van der Waals surface area contributed by atoms with Crippen LogP contribution in [0, 0.1) is 13.8 Å². The van der Waals surface area contributed by atoms with Crippen LogP contribution >= 0.6 is 23.2 Å². The second-order valence-corrected chi connectivity index (χ2v) is 9.29. The minimum absolute atomic E-state index is 0.124. The summed E-state index contributed by atoms with van der Waals surface area (Å²) in [5.74, 6) is 1.40. The maximum Gasteiger partial charge on any atom is 0.227 e. The van der Waals surface area contributed by atoms with Crippen molar-refractivity contribution in [3.8, 4) is 5.69 Å². The lowest BCUT2D eigenvalue weighted by Gasteiger charge is -2.31. The molecule has 1 aliphatic heterocycles. The van der Waals surface area contributed by atoms with Crippen LogP contribution in [0.4, 0.5) is 0 Å². The molecule has 170 valence electrons. The van der Waals surface area contributed by atoms with Gasteiger partial charge in [-0.2, -0.15) is 5.10 Å². The number of hydrogen-bond donors (Lipinski definition) is 0. The van der Waals surface area contributed by atoms with Gasteiger partial charge in [-0.15, -0.1) is 10.2 Å². The number of likely N-dealkylation sites (tertiary alicyclic amines) is 1. The highest BCUT2D eigenvalue weighted by atomic mass is 35.5. The van der Waals surface area contributed by atoms with Crippen LogP contribution in [-0.2, 0) is 11.2 Å². The van der Waals surface area contributed by atoms with E-state index < -0.39 is 0 Å². The predicted molar refractivity (Wildman–Crippen MR) is 128 cm³/mol. The van der Waals surface area contributed by atoms with Crippen molar-refractivity contribution >= 4 is 34.8 Å². The Kier molecular flexibility index (Phi) is 5.85. The van der Waals surface area contributed by atoms with Crippen LogP contribution < -0.4 is 0 Å². The van der Waals surface area contributed by atoms with E-state index in [1.54, 1.807) is 12.1 Å². The number of pyridine rings is 1. The van der Waals surface area contributed by atoms with Crippen LogP contribution in [0.5, 0.6) is 0 Å². The molecule has 4 aromatic rings. The van der Waals surface area contributed by atoms with E-state index in [0.29, 0.717) is 35.5 Å². The lowest BCUT2D eigenvalue weighted by atomic mass is 9.95. The second-order valence-electron chi connectivity index (χ2n) is 8.48. The number of fused-ring (bicyclic) bond motifs is 1. The number of carbonyl (C=O) groups is 1. The van der Waals surface area contributed by atoms with Gasteiger partial charge in [-0.25, -0.2) is 4.68 Å². The molecule has 4 heterocycles. The smallest absolute Gasteiger partial charge is 0.227 e. The number of benzene rings is 1. The third kappa shape index (κ3) is 4.11. The van der Waals surface area contributed by atoms with Crippen LogP contribution in [-0.4, -0.2) is 48.3 Å². The molecule has 0 N–H and O–H groups in total. The Morgan fingerprint density at radius 1 is 1.06 bits per heavy atom. The van der Waals surface area contributed by atoms with Gasteiger partial charge < -0.3 is 4.90 Å². The zero-order valence-electron chi connectivity index (χ0n) is 18.5. The van der Waals surface area contributed by atoms with Crippen molar-refractivity contribution in [2.24, 2.45) is 0 Å². The molecule has 1 aliphatic rings. The molecule has 0 aliphatic carbocycles. The Bertz CT molecular complexity index is 1340. The van der Waals surface area contributed by atoms with Crippen molar-refractivity contribution in [3.63, 3.8) is 0 Å². The topological polar surface area (TPSA) is 68.3 Å². The van der Waals surface area contributed by atoms with Crippen molar-refractivity contribution in [1.29, 1.82) is 0 Å². The molecule has 1 saturated heterocycles. The van der Waals surface area contributed by atoms with Gasteiger partial charge in [0.2, 0.25) is 5.91 Å². The monoisotopic (exact) mass is 482 g/mol. The largest absolute Gasteiger partial charge is 0.342 e. The molecular formula is C24H24Cl2N6O. The van der Waals surface area contributed by atoms with Gasteiger partial charge in [-0.05, 0) is 57.0 Å². The Labute approximate surface area is 201 Å². The number of rotatable bonds is 4. The summed E-state index contributed by atoms with van der Waals surface area (Å²) in [6.45, 7) is 5.34. The standard InChI is InChI=1S/C24H24Cl2N6O/c1-15-19(16(2)32(29-15)18-6-7-20(25)21(26)13-18)14-23(33)30-11-8-17(9-12-30)24-28-27-22-5-3-4-10-31(22)24/h3-7,10,13,17H,8-9,11-12,14H2,1-2H3. The highest BCUT2D eigenvalue weighted by molar-refractivity contribution is 6.42. The van der Waals surface area contributed by atoms with Crippen molar-refractivity contribution in [3.05, 3.63) is 75.4 Å². The number of aryl methyl sites for hydroxylation is 1. The van der Waals surface area contributed by atoms with Crippen LogP contribution in [0.1, 0.15) is 41.5 Å². The molecule has 9 heteroatoms. The van der Waals surface area contributed by atoms with Crippen LogP contribution in [0.2, 0.25) is 10.0 Å². The van der Waals surface area contributed by atoms with Crippen LogP contribution in [0.25, 0.3) is 11.3 Å².